The van der Waals surface area contributed by atoms with E-state index in [0.29, 0.717) is 22.5 Å². The summed E-state index contributed by atoms with van der Waals surface area (Å²) in [4.78, 5) is 24.0. The average Bonchev–Trinajstić information content (AvgIpc) is 3.29. The number of non-ortho nitro benzene ring substituents is 1. The number of allylic oxidation sites excluding steroid dienone is 2. The number of hydrogen-bond donors (Lipinski definition) is 3. The number of carbonyl (C=O) groups excluding carboxylic acids is 1. The summed E-state index contributed by atoms with van der Waals surface area (Å²) in [6.07, 6.45) is 4.97. The number of phenolic OH excluding ortho intramolecular Hbond substituents is 1. The van der Waals surface area contributed by atoms with Crippen molar-refractivity contribution in [2.45, 2.75) is 18.4 Å². The van der Waals surface area contributed by atoms with Crippen LogP contribution < -0.4 is 10.6 Å². The smallest absolute Gasteiger partial charge is 0.270 e. The summed E-state index contributed by atoms with van der Waals surface area (Å²) in [5.74, 6) is -0.140. The molecule has 1 aliphatic heterocycles. The number of nitrogens with zero attached hydrogens (tertiary/aromatic N) is 1. The van der Waals surface area contributed by atoms with E-state index in [0.717, 1.165) is 12.0 Å². The number of anilines is 2. The minimum absolute atomic E-state index is 0.00609. The number of amides is 1. The fourth-order valence-electron chi connectivity index (χ4n) is 4.74. The van der Waals surface area contributed by atoms with E-state index in [4.69, 9.17) is 0 Å². The molecular weight excluding hydrogens is 406 g/mol. The first-order valence-electron chi connectivity index (χ1n) is 10.4. The van der Waals surface area contributed by atoms with Gasteiger partial charge in [-0.3, -0.25) is 14.9 Å². The SMILES string of the molecule is O=C(Nc1ccccc1)c1cccc2c1NC(c1cc([N+](=O)[O-])ccc1O)C1CC=CC21. The monoisotopic (exact) mass is 427 g/mol. The van der Waals surface area contributed by atoms with Gasteiger partial charge in [0.2, 0.25) is 0 Å². The molecule has 1 aliphatic carbocycles. The van der Waals surface area contributed by atoms with E-state index >= 15 is 0 Å². The van der Waals surface area contributed by atoms with Gasteiger partial charge in [0.1, 0.15) is 5.75 Å². The number of nitro benzene ring substituents is 1. The van der Waals surface area contributed by atoms with Gasteiger partial charge < -0.3 is 15.7 Å². The molecule has 1 amide bonds. The Labute approximate surface area is 184 Å². The van der Waals surface area contributed by atoms with Gasteiger partial charge in [-0.05, 0) is 42.2 Å². The zero-order valence-corrected chi connectivity index (χ0v) is 17.1. The molecule has 2 aliphatic rings. The van der Waals surface area contributed by atoms with E-state index in [1.54, 1.807) is 6.07 Å². The summed E-state index contributed by atoms with van der Waals surface area (Å²) < 4.78 is 0. The van der Waals surface area contributed by atoms with Gasteiger partial charge in [0.05, 0.1) is 22.2 Å². The highest BCUT2D eigenvalue weighted by Crippen LogP contribution is 2.52. The number of fused-ring (bicyclic) bond motifs is 3. The molecular formula is C25H21N3O4. The van der Waals surface area contributed by atoms with Crippen molar-refractivity contribution in [1.29, 1.82) is 0 Å². The Kier molecular flexibility index (Phi) is 4.86. The third-order valence-electron chi connectivity index (χ3n) is 6.23. The number of hydrogen-bond acceptors (Lipinski definition) is 5. The molecule has 3 unspecified atom stereocenters. The molecule has 0 saturated heterocycles. The molecule has 0 radical (unpaired) electrons. The van der Waals surface area contributed by atoms with Crippen LogP contribution in [0, 0.1) is 16.0 Å². The predicted octanol–water partition coefficient (Wildman–Crippen LogP) is 5.38. The summed E-state index contributed by atoms with van der Waals surface area (Å²) in [5, 5.41) is 28.2. The van der Waals surface area contributed by atoms with Gasteiger partial charge in [-0.25, -0.2) is 0 Å². The Hall–Kier alpha value is -4.13. The number of nitrogens with one attached hydrogen (secondary N) is 2. The van der Waals surface area contributed by atoms with Crippen LogP contribution in [0.1, 0.15) is 39.9 Å². The second-order valence-corrected chi connectivity index (χ2v) is 8.07. The molecule has 32 heavy (non-hydrogen) atoms. The number of benzene rings is 3. The number of carbonyl (C=O) groups is 1. The van der Waals surface area contributed by atoms with Crippen molar-refractivity contribution >= 4 is 23.0 Å². The number of nitro groups is 1. The average molecular weight is 427 g/mol. The molecule has 3 N–H and O–H groups in total. The standard InChI is InChI=1S/C25H21N3O4/c29-22-13-12-16(28(31)32)14-21(22)24-19-9-4-8-17(19)18-10-5-11-20(23(18)27-24)25(30)26-15-6-2-1-3-7-15/h1-8,10-14,17,19,24,27,29H,9H2,(H,26,30). The maximum absolute atomic E-state index is 13.1. The summed E-state index contributed by atoms with van der Waals surface area (Å²) in [6.45, 7) is 0. The molecule has 1 heterocycles. The summed E-state index contributed by atoms with van der Waals surface area (Å²) in [7, 11) is 0. The number of phenols is 1. The van der Waals surface area contributed by atoms with Gasteiger partial charge in [-0.15, -0.1) is 0 Å². The van der Waals surface area contributed by atoms with Gasteiger partial charge in [0, 0.05) is 29.3 Å². The third-order valence-corrected chi connectivity index (χ3v) is 6.23. The van der Waals surface area contributed by atoms with Crippen LogP contribution in [0.3, 0.4) is 0 Å². The Bertz CT molecular complexity index is 1240. The van der Waals surface area contributed by atoms with Crippen LogP contribution >= 0.6 is 0 Å². The molecule has 0 aromatic heterocycles. The van der Waals surface area contributed by atoms with Crippen LogP contribution in [0.2, 0.25) is 0 Å². The lowest BCUT2D eigenvalue weighted by Crippen LogP contribution is -2.31. The van der Waals surface area contributed by atoms with Gasteiger partial charge >= 0.3 is 0 Å². The van der Waals surface area contributed by atoms with E-state index in [1.807, 2.05) is 42.5 Å². The molecule has 3 atom stereocenters. The fraction of sp³-hybridized carbons (Fsp3) is 0.160. The van der Waals surface area contributed by atoms with Gasteiger partial charge in [-0.1, -0.05) is 42.5 Å². The fourth-order valence-corrected chi connectivity index (χ4v) is 4.74. The Morgan fingerprint density at radius 1 is 1.06 bits per heavy atom. The highest BCUT2D eigenvalue weighted by molar-refractivity contribution is 6.08. The Morgan fingerprint density at radius 2 is 1.88 bits per heavy atom. The second-order valence-electron chi connectivity index (χ2n) is 8.07. The lowest BCUT2D eigenvalue weighted by atomic mass is 9.76. The minimum atomic E-state index is -0.469. The normalized spacial score (nSPS) is 20.7. The first kappa shape index (κ1) is 19.8. The van der Waals surface area contributed by atoms with E-state index < -0.39 is 4.92 Å². The van der Waals surface area contributed by atoms with E-state index in [9.17, 15) is 20.0 Å². The van der Waals surface area contributed by atoms with Gasteiger partial charge in [0.15, 0.2) is 0 Å². The quantitative estimate of drug-likeness (QED) is 0.295. The largest absolute Gasteiger partial charge is 0.508 e. The summed E-state index contributed by atoms with van der Waals surface area (Å²) in [6, 6.07) is 18.5. The zero-order chi connectivity index (χ0) is 22.2. The van der Waals surface area contributed by atoms with Crippen molar-refractivity contribution in [3.63, 3.8) is 0 Å². The molecule has 3 aromatic carbocycles. The van der Waals surface area contributed by atoms with Gasteiger partial charge in [0.25, 0.3) is 11.6 Å². The molecule has 7 heteroatoms. The van der Waals surface area contributed by atoms with Crippen molar-refractivity contribution in [3.8, 4) is 5.75 Å². The zero-order valence-electron chi connectivity index (χ0n) is 17.1. The Morgan fingerprint density at radius 3 is 2.66 bits per heavy atom. The van der Waals surface area contributed by atoms with Crippen LogP contribution in [-0.2, 0) is 0 Å². The first-order chi connectivity index (χ1) is 15.5. The first-order valence-corrected chi connectivity index (χ1v) is 10.4. The van der Waals surface area contributed by atoms with Crippen LogP contribution in [-0.4, -0.2) is 15.9 Å². The number of rotatable bonds is 4. The summed E-state index contributed by atoms with van der Waals surface area (Å²) in [5.41, 5.74) is 3.25. The Balaban J connectivity index is 1.57. The van der Waals surface area contributed by atoms with Crippen molar-refractivity contribution in [3.05, 3.63) is 106 Å². The lowest BCUT2D eigenvalue weighted by molar-refractivity contribution is -0.385. The van der Waals surface area contributed by atoms with Crippen molar-refractivity contribution in [2.75, 3.05) is 10.6 Å². The molecule has 5 rings (SSSR count). The van der Waals surface area contributed by atoms with Crippen LogP contribution in [0.25, 0.3) is 0 Å². The van der Waals surface area contributed by atoms with Crippen molar-refractivity contribution < 1.29 is 14.8 Å². The minimum Gasteiger partial charge on any atom is -0.508 e. The lowest BCUT2D eigenvalue weighted by Gasteiger charge is -2.38. The topological polar surface area (TPSA) is 104 Å². The van der Waals surface area contributed by atoms with Crippen molar-refractivity contribution in [2.24, 2.45) is 5.92 Å². The van der Waals surface area contributed by atoms with E-state index in [2.05, 4.69) is 22.8 Å². The molecule has 0 fully saturated rings. The predicted molar refractivity (Wildman–Crippen MR) is 122 cm³/mol. The second kappa shape index (κ2) is 7.85. The van der Waals surface area contributed by atoms with Crippen LogP contribution in [0.4, 0.5) is 17.1 Å². The maximum Gasteiger partial charge on any atom is 0.270 e. The van der Waals surface area contributed by atoms with Crippen molar-refractivity contribution in [1.82, 2.24) is 0 Å². The number of aromatic hydroxyl groups is 1. The molecule has 0 spiro atoms. The molecule has 160 valence electrons. The van der Waals surface area contributed by atoms with E-state index in [-0.39, 0.29) is 35.2 Å². The molecule has 0 bridgehead atoms. The molecule has 3 aromatic rings. The maximum atomic E-state index is 13.1. The highest BCUT2D eigenvalue weighted by atomic mass is 16.6. The summed E-state index contributed by atoms with van der Waals surface area (Å²) >= 11 is 0. The molecule has 0 saturated carbocycles. The molecule has 7 nitrogen and oxygen atoms in total. The highest BCUT2D eigenvalue weighted by Gasteiger charge is 2.40. The van der Waals surface area contributed by atoms with Gasteiger partial charge in [-0.2, -0.15) is 0 Å². The van der Waals surface area contributed by atoms with Crippen LogP contribution in [0.5, 0.6) is 5.75 Å². The van der Waals surface area contributed by atoms with Crippen LogP contribution in [0.15, 0.2) is 78.9 Å². The van der Waals surface area contributed by atoms with E-state index in [1.165, 1.54) is 18.2 Å². The third kappa shape index (κ3) is 3.37. The number of para-hydroxylation sites is 2.